The number of anilines is 2. The second-order valence-corrected chi connectivity index (χ2v) is 8.36. The lowest BCUT2D eigenvalue weighted by molar-refractivity contribution is -0.119. The van der Waals surface area contributed by atoms with E-state index in [1.165, 1.54) is 0 Å². The lowest BCUT2D eigenvalue weighted by Crippen LogP contribution is -2.62. The molecule has 2 aliphatic rings. The molecule has 1 aliphatic heterocycles. The van der Waals surface area contributed by atoms with E-state index in [0.717, 1.165) is 43.4 Å². The number of pyridine rings is 1. The predicted octanol–water partition coefficient (Wildman–Crippen LogP) is 5.17. The van der Waals surface area contributed by atoms with Gasteiger partial charge in [-0.15, -0.1) is 0 Å². The first-order valence-corrected chi connectivity index (χ1v) is 10.9. The smallest absolute Gasteiger partial charge is 0.259 e. The molecule has 2 aromatic carbocycles. The number of nitrogens with one attached hydrogen (secondary N) is 1. The van der Waals surface area contributed by atoms with Crippen LogP contribution < -0.4 is 10.2 Å². The molecule has 1 atom stereocenters. The number of benzene rings is 2. The molecule has 3 aromatic rings. The van der Waals surface area contributed by atoms with Crippen molar-refractivity contribution in [2.45, 2.75) is 43.6 Å². The summed E-state index contributed by atoms with van der Waals surface area (Å²) in [4.78, 5) is 33.8. The number of carbonyl (C=O) groups is 2. The van der Waals surface area contributed by atoms with Gasteiger partial charge in [0.15, 0.2) is 0 Å². The summed E-state index contributed by atoms with van der Waals surface area (Å²) in [6.07, 6.45) is 6.36. The van der Waals surface area contributed by atoms with Gasteiger partial charge in [0.1, 0.15) is 5.82 Å². The zero-order chi connectivity index (χ0) is 21.3. The van der Waals surface area contributed by atoms with Crippen molar-refractivity contribution in [2.24, 2.45) is 0 Å². The summed E-state index contributed by atoms with van der Waals surface area (Å²) in [6.45, 7) is 0. The Morgan fingerprint density at radius 2 is 1.61 bits per heavy atom. The van der Waals surface area contributed by atoms with E-state index in [-0.39, 0.29) is 11.8 Å². The highest BCUT2D eigenvalue weighted by molar-refractivity contribution is 6.13. The Hall–Kier alpha value is -3.47. The number of hydrogen-bond donors (Lipinski definition) is 1. The minimum atomic E-state index is -0.593. The lowest BCUT2D eigenvalue weighted by Gasteiger charge is -2.53. The molecule has 2 amide bonds. The van der Waals surface area contributed by atoms with Crippen molar-refractivity contribution in [3.8, 4) is 0 Å². The molecule has 0 saturated heterocycles. The second kappa shape index (κ2) is 7.99. The van der Waals surface area contributed by atoms with E-state index in [2.05, 4.69) is 10.3 Å². The maximum atomic E-state index is 13.8. The quantitative estimate of drug-likeness (QED) is 0.647. The lowest BCUT2D eigenvalue weighted by atomic mass is 9.65. The third kappa shape index (κ3) is 3.30. The van der Waals surface area contributed by atoms with Gasteiger partial charge in [-0.1, -0.05) is 61.7 Å². The van der Waals surface area contributed by atoms with Crippen LogP contribution in [0.15, 0.2) is 79.0 Å². The zero-order valence-electron chi connectivity index (χ0n) is 17.3. The minimum Gasteiger partial charge on any atom is -0.310 e. The summed E-state index contributed by atoms with van der Waals surface area (Å²) in [5, 5.41) is 3.02. The van der Waals surface area contributed by atoms with Crippen molar-refractivity contribution in [2.75, 3.05) is 10.2 Å². The number of amides is 2. The van der Waals surface area contributed by atoms with Crippen LogP contribution >= 0.6 is 0 Å². The largest absolute Gasteiger partial charge is 0.310 e. The molecule has 156 valence electrons. The van der Waals surface area contributed by atoms with Crippen molar-refractivity contribution in [1.29, 1.82) is 0 Å². The topological polar surface area (TPSA) is 62.3 Å². The maximum absolute atomic E-state index is 13.8. The first-order valence-electron chi connectivity index (χ1n) is 10.9. The van der Waals surface area contributed by atoms with Crippen molar-refractivity contribution >= 4 is 23.3 Å². The van der Waals surface area contributed by atoms with Crippen LogP contribution in [-0.4, -0.2) is 22.3 Å². The van der Waals surface area contributed by atoms with Crippen LogP contribution in [0.2, 0.25) is 0 Å². The average molecular weight is 412 g/mol. The number of para-hydroxylation sites is 1. The Kier molecular flexibility index (Phi) is 5.02. The Morgan fingerprint density at radius 1 is 0.903 bits per heavy atom. The van der Waals surface area contributed by atoms with E-state index in [1.54, 1.807) is 12.3 Å². The molecule has 1 aromatic heterocycles. The molecule has 0 radical (unpaired) electrons. The highest BCUT2D eigenvalue weighted by Crippen LogP contribution is 2.51. The summed E-state index contributed by atoms with van der Waals surface area (Å²) < 4.78 is 0. The van der Waals surface area contributed by atoms with Crippen molar-refractivity contribution in [1.82, 2.24) is 4.98 Å². The van der Waals surface area contributed by atoms with E-state index < -0.39 is 11.5 Å². The highest BCUT2D eigenvalue weighted by atomic mass is 16.2. The van der Waals surface area contributed by atoms with E-state index in [9.17, 15) is 9.59 Å². The Bertz CT molecular complexity index is 1090. The number of fused-ring (bicyclic) bond motifs is 1. The van der Waals surface area contributed by atoms with Crippen LogP contribution in [0.1, 0.15) is 53.9 Å². The van der Waals surface area contributed by atoms with E-state index in [1.807, 2.05) is 71.6 Å². The van der Waals surface area contributed by atoms with Crippen LogP contribution in [0.5, 0.6) is 0 Å². The molecule has 2 heterocycles. The number of hydrogen-bond acceptors (Lipinski definition) is 3. The minimum absolute atomic E-state index is 0.0226. The van der Waals surface area contributed by atoms with Crippen molar-refractivity contribution in [3.05, 3.63) is 90.1 Å². The normalized spacial score (nSPS) is 19.7. The molecule has 1 aliphatic carbocycles. The monoisotopic (exact) mass is 411 g/mol. The SMILES string of the molecule is O=C(Nc1ccccn1)C1c2ccccc2C(=O)N(c2ccccc2)C12CCCCC2. The molecule has 1 N–H and O–H groups in total. The van der Waals surface area contributed by atoms with Gasteiger partial charge in [0.05, 0.1) is 11.5 Å². The molecule has 1 unspecified atom stereocenters. The van der Waals surface area contributed by atoms with E-state index in [0.29, 0.717) is 11.4 Å². The molecular weight excluding hydrogens is 386 g/mol. The first-order chi connectivity index (χ1) is 15.2. The number of rotatable bonds is 3. The number of aromatic nitrogens is 1. The van der Waals surface area contributed by atoms with E-state index >= 15 is 0 Å². The first kappa shape index (κ1) is 19.5. The van der Waals surface area contributed by atoms with Gasteiger partial charge in [0.25, 0.3) is 5.91 Å². The molecular formula is C26H25N3O2. The Labute approximate surface area is 182 Å². The molecule has 5 rings (SSSR count). The van der Waals surface area contributed by atoms with Gasteiger partial charge in [0, 0.05) is 17.4 Å². The molecule has 1 saturated carbocycles. The van der Waals surface area contributed by atoms with Gasteiger partial charge in [-0.25, -0.2) is 4.98 Å². The van der Waals surface area contributed by atoms with E-state index in [4.69, 9.17) is 0 Å². The van der Waals surface area contributed by atoms with Gasteiger partial charge in [0.2, 0.25) is 5.91 Å². The fraction of sp³-hybridized carbons (Fsp3) is 0.269. The highest BCUT2D eigenvalue weighted by Gasteiger charge is 2.55. The average Bonchev–Trinajstić information content (AvgIpc) is 2.81. The van der Waals surface area contributed by atoms with Gasteiger partial charge in [-0.2, -0.15) is 0 Å². The summed E-state index contributed by atoms with van der Waals surface area (Å²) in [5.74, 6) is -0.0740. The molecule has 0 bridgehead atoms. The number of carbonyl (C=O) groups excluding carboxylic acids is 2. The fourth-order valence-corrected chi connectivity index (χ4v) is 5.33. The standard InChI is InChI=1S/C26H25N3O2/c30-24(28-22-15-7-10-18-27-22)23-20-13-5-6-14-21(20)25(31)29(19-11-3-1-4-12-19)26(23)16-8-2-9-17-26/h1,3-7,10-15,18,23H,2,8-9,16-17H2,(H,27,28,30). The summed E-state index contributed by atoms with van der Waals surface area (Å²) in [6, 6.07) is 22.8. The van der Waals surface area contributed by atoms with Crippen LogP contribution in [0.25, 0.3) is 0 Å². The van der Waals surface area contributed by atoms with Gasteiger partial charge in [-0.05, 0) is 48.7 Å². The van der Waals surface area contributed by atoms with Crippen LogP contribution in [0, 0.1) is 0 Å². The Balaban J connectivity index is 1.68. The molecule has 5 nitrogen and oxygen atoms in total. The van der Waals surface area contributed by atoms with Crippen LogP contribution in [0.4, 0.5) is 11.5 Å². The molecule has 31 heavy (non-hydrogen) atoms. The van der Waals surface area contributed by atoms with Crippen molar-refractivity contribution in [3.63, 3.8) is 0 Å². The maximum Gasteiger partial charge on any atom is 0.259 e. The molecule has 1 spiro atoms. The summed E-state index contributed by atoms with van der Waals surface area (Å²) in [5.41, 5.74) is 1.67. The predicted molar refractivity (Wildman–Crippen MR) is 121 cm³/mol. The third-order valence-corrected chi connectivity index (χ3v) is 6.60. The third-order valence-electron chi connectivity index (χ3n) is 6.60. The van der Waals surface area contributed by atoms with Gasteiger partial charge in [-0.3, -0.25) is 9.59 Å². The van der Waals surface area contributed by atoms with Crippen LogP contribution in [0.3, 0.4) is 0 Å². The zero-order valence-corrected chi connectivity index (χ0v) is 17.3. The molecule has 1 fully saturated rings. The Morgan fingerprint density at radius 3 is 2.35 bits per heavy atom. The summed E-state index contributed by atoms with van der Waals surface area (Å²) >= 11 is 0. The fourth-order valence-electron chi connectivity index (χ4n) is 5.33. The molecule has 5 heteroatoms. The van der Waals surface area contributed by atoms with Crippen molar-refractivity contribution < 1.29 is 9.59 Å². The van der Waals surface area contributed by atoms with Crippen LogP contribution in [-0.2, 0) is 4.79 Å². The summed E-state index contributed by atoms with van der Waals surface area (Å²) in [7, 11) is 0. The second-order valence-electron chi connectivity index (χ2n) is 8.36. The van der Waals surface area contributed by atoms with Gasteiger partial charge < -0.3 is 10.2 Å². The number of nitrogens with zero attached hydrogens (tertiary/aromatic N) is 2. The van der Waals surface area contributed by atoms with Gasteiger partial charge >= 0.3 is 0 Å².